The Morgan fingerprint density at radius 2 is 2.50 bits per heavy atom. The summed E-state index contributed by atoms with van der Waals surface area (Å²) in [6, 6.07) is 1.82. The van der Waals surface area contributed by atoms with Crippen molar-refractivity contribution in [3.63, 3.8) is 0 Å². The molecular formula is C8H8N4OS. The Bertz CT molecular complexity index is 434. The number of carbonyl (C=O) groups excluding carboxylic acids is 1. The molecule has 0 aromatic carbocycles. The summed E-state index contributed by atoms with van der Waals surface area (Å²) < 4.78 is 9.31. The maximum atomic E-state index is 11.5. The molecule has 0 aliphatic heterocycles. The largest absolute Gasteiger partial charge is 0.292 e. The van der Waals surface area contributed by atoms with E-state index in [1.165, 1.54) is 6.20 Å². The first-order valence-corrected chi connectivity index (χ1v) is 4.78. The number of ketones is 1. The quantitative estimate of drug-likeness (QED) is 0.696. The minimum absolute atomic E-state index is 0.0440. The molecule has 0 bridgehead atoms. The number of Topliss-reactive ketones (excluding diaryl/α,β-unsaturated/α-hetero) is 1. The van der Waals surface area contributed by atoms with Crippen LogP contribution in [0.15, 0.2) is 18.5 Å². The van der Waals surface area contributed by atoms with E-state index in [1.54, 1.807) is 4.68 Å². The van der Waals surface area contributed by atoms with Crippen molar-refractivity contribution < 1.29 is 4.79 Å². The fourth-order valence-corrected chi connectivity index (χ4v) is 1.53. The minimum Gasteiger partial charge on any atom is -0.292 e. The van der Waals surface area contributed by atoms with Gasteiger partial charge in [-0.2, -0.15) is 13.8 Å². The number of hydrogen-bond acceptors (Lipinski definition) is 5. The lowest BCUT2D eigenvalue weighted by Crippen LogP contribution is -2.04. The lowest BCUT2D eigenvalue weighted by atomic mass is 10.2. The molecule has 2 aromatic rings. The smallest absolute Gasteiger partial charge is 0.189 e. The van der Waals surface area contributed by atoms with Gasteiger partial charge in [-0.3, -0.25) is 9.48 Å². The van der Waals surface area contributed by atoms with Gasteiger partial charge in [0.2, 0.25) is 0 Å². The van der Waals surface area contributed by atoms with E-state index in [4.69, 9.17) is 0 Å². The van der Waals surface area contributed by atoms with E-state index in [2.05, 4.69) is 13.8 Å². The standard InChI is InChI=1S/C8H8N4OS/c1-12-3-2-6(10-12)4-8(13)7-5-9-14-11-7/h2-3,5H,4H2,1H3. The second-order valence-corrected chi connectivity index (χ2v) is 3.43. The van der Waals surface area contributed by atoms with Crippen LogP contribution in [0.5, 0.6) is 0 Å². The lowest BCUT2D eigenvalue weighted by Gasteiger charge is -1.91. The van der Waals surface area contributed by atoms with Gasteiger partial charge in [0, 0.05) is 13.2 Å². The molecule has 0 fully saturated rings. The minimum atomic E-state index is -0.0440. The number of aromatic nitrogens is 4. The third-order valence-electron chi connectivity index (χ3n) is 1.76. The molecular weight excluding hydrogens is 200 g/mol. The number of aryl methyl sites for hydroxylation is 1. The Hall–Kier alpha value is -1.56. The van der Waals surface area contributed by atoms with Crippen LogP contribution in [0, 0.1) is 0 Å². The molecule has 0 spiro atoms. The van der Waals surface area contributed by atoms with E-state index in [1.807, 2.05) is 19.3 Å². The summed E-state index contributed by atoms with van der Waals surface area (Å²) in [5.41, 5.74) is 1.17. The molecule has 0 aliphatic rings. The monoisotopic (exact) mass is 208 g/mol. The summed E-state index contributed by atoms with van der Waals surface area (Å²) in [4.78, 5) is 11.5. The van der Waals surface area contributed by atoms with Crippen LogP contribution >= 0.6 is 11.7 Å². The highest BCUT2D eigenvalue weighted by Crippen LogP contribution is 2.03. The zero-order chi connectivity index (χ0) is 9.97. The number of carbonyl (C=O) groups is 1. The highest BCUT2D eigenvalue weighted by atomic mass is 32.1. The van der Waals surface area contributed by atoms with E-state index in [9.17, 15) is 4.79 Å². The molecule has 0 amide bonds. The number of nitrogens with zero attached hydrogens (tertiary/aromatic N) is 4. The van der Waals surface area contributed by atoms with Gasteiger partial charge in [-0.25, -0.2) is 0 Å². The van der Waals surface area contributed by atoms with Crippen molar-refractivity contribution in [2.24, 2.45) is 7.05 Å². The van der Waals surface area contributed by atoms with Gasteiger partial charge >= 0.3 is 0 Å². The van der Waals surface area contributed by atoms with Gasteiger partial charge in [0.25, 0.3) is 0 Å². The summed E-state index contributed by atoms with van der Waals surface area (Å²) >= 11 is 1.04. The first-order valence-electron chi connectivity index (χ1n) is 4.05. The Morgan fingerprint density at radius 1 is 1.64 bits per heavy atom. The second kappa shape index (κ2) is 3.67. The molecule has 0 atom stereocenters. The lowest BCUT2D eigenvalue weighted by molar-refractivity contribution is 0.0988. The molecule has 0 unspecified atom stereocenters. The molecule has 14 heavy (non-hydrogen) atoms. The number of hydrogen-bond donors (Lipinski definition) is 0. The van der Waals surface area contributed by atoms with E-state index < -0.39 is 0 Å². The Balaban J connectivity index is 2.09. The van der Waals surface area contributed by atoms with Crippen molar-refractivity contribution in [1.82, 2.24) is 18.5 Å². The van der Waals surface area contributed by atoms with Crippen molar-refractivity contribution in [1.29, 1.82) is 0 Å². The summed E-state index contributed by atoms with van der Waals surface area (Å²) in [7, 11) is 1.82. The van der Waals surface area contributed by atoms with Crippen LogP contribution in [0.2, 0.25) is 0 Å². The molecule has 6 heteroatoms. The highest BCUT2D eigenvalue weighted by molar-refractivity contribution is 6.99. The van der Waals surface area contributed by atoms with E-state index >= 15 is 0 Å². The maximum Gasteiger partial charge on any atom is 0.189 e. The van der Waals surface area contributed by atoms with Crippen molar-refractivity contribution >= 4 is 17.5 Å². The second-order valence-electron chi connectivity index (χ2n) is 2.87. The molecule has 2 heterocycles. The van der Waals surface area contributed by atoms with Crippen LogP contribution in [0.1, 0.15) is 16.2 Å². The Labute approximate surface area is 84.7 Å². The van der Waals surface area contributed by atoms with Crippen LogP contribution in [0.3, 0.4) is 0 Å². The normalized spacial score (nSPS) is 10.4. The first-order chi connectivity index (χ1) is 6.75. The predicted molar refractivity (Wildman–Crippen MR) is 51.2 cm³/mol. The van der Waals surface area contributed by atoms with Gasteiger partial charge in [-0.05, 0) is 6.07 Å². The van der Waals surface area contributed by atoms with Crippen molar-refractivity contribution in [3.8, 4) is 0 Å². The maximum absolute atomic E-state index is 11.5. The summed E-state index contributed by atoms with van der Waals surface area (Å²) in [5, 5.41) is 4.11. The van der Waals surface area contributed by atoms with Gasteiger partial charge in [-0.15, -0.1) is 0 Å². The molecule has 0 saturated carbocycles. The van der Waals surface area contributed by atoms with Gasteiger partial charge in [0.1, 0.15) is 5.69 Å². The molecule has 0 saturated heterocycles. The van der Waals surface area contributed by atoms with Gasteiger partial charge < -0.3 is 0 Å². The van der Waals surface area contributed by atoms with Crippen LogP contribution in [-0.2, 0) is 13.5 Å². The molecule has 72 valence electrons. The molecule has 2 rings (SSSR count). The third kappa shape index (κ3) is 1.85. The van der Waals surface area contributed by atoms with Crippen molar-refractivity contribution in [3.05, 3.63) is 29.8 Å². The topological polar surface area (TPSA) is 60.7 Å². The Kier molecular flexibility index (Phi) is 2.36. The SMILES string of the molecule is Cn1ccc(CC(=O)c2cnsn2)n1. The van der Waals surface area contributed by atoms with Gasteiger partial charge in [-0.1, -0.05) is 0 Å². The zero-order valence-electron chi connectivity index (χ0n) is 7.54. The van der Waals surface area contributed by atoms with Crippen LogP contribution in [0.4, 0.5) is 0 Å². The highest BCUT2D eigenvalue weighted by Gasteiger charge is 2.11. The molecule has 2 aromatic heterocycles. The van der Waals surface area contributed by atoms with Gasteiger partial charge in [0.15, 0.2) is 5.78 Å². The van der Waals surface area contributed by atoms with Crippen LogP contribution < -0.4 is 0 Å². The molecule has 0 aliphatic carbocycles. The number of rotatable bonds is 3. The fourth-order valence-electron chi connectivity index (χ4n) is 1.10. The van der Waals surface area contributed by atoms with Gasteiger partial charge in [0.05, 0.1) is 30.0 Å². The van der Waals surface area contributed by atoms with Crippen molar-refractivity contribution in [2.75, 3.05) is 0 Å². The summed E-state index contributed by atoms with van der Waals surface area (Å²) in [6.45, 7) is 0. The molecule has 0 radical (unpaired) electrons. The summed E-state index contributed by atoms with van der Waals surface area (Å²) in [5.74, 6) is -0.0440. The Morgan fingerprint density at radius 3 is 3.07 bits per heavy atom. The average molecular weight is 208 g/mol. The van der Waals surface area contributed by atoms with Crippen molar-refractivity contribution in [2.45, 2.75) is 6.42 Å². The first kappa shape index (κ1) is 9.01. The zero-order valence-corrected chi connectivity index (χ0v) is 8.36. The van der Waals surface area contributed by atoms with Crippen LogP contribution in [0.25, 0.3) is 0 Å². The predicted octanol–water partition coefficient (Wildman–Crippen LogP) is 0.697. The third-order valence-corrected chi connectivity index (χ3v) is 2.24. The van der Waals surface area contributed by atoms with E-state index in [0.29, 0.717) is 5.69 Å². The molecule has 0 N–H and O–H groups in total. The average Bonchev–Trinajstić information content (AvgIpc) is 2.75. The fraction of sp³-hybridized carbons (Fsp3) is 0.250. The van der Waals surface area contributed by atoms with E-state index in [0.717, 1.165) is 17.4 Å². The van der Waals surface area contributed by atoms with Crippen LogP contribution in [-0.4, -0.2) is 24.3 Å². The molecule has 5 nitrogen and oxygen atoms in total. The summed E-state index contributed by atoms with van der Waals surface area (Å²) in [6.07, 6.45) is 3.57. The van der Waals surface area contributed by atoms with E-state index in [-0.39, 0.29) is 12.2 Å².